The van der Waals surface area contributed by atoms with Gasteiger partial charge in [0.25, 0.3) is 0 Å². The van der Waals surface area contributed by atoms with Crippen molar-refractivity contribution in [3.8, 4) is 5.75 Å². The maximum absolute atomic E-state index is 12.7. The van der Waals surface area contributed by atoms with Crippen LogP contribution in [-0.2, 0) is 21.2 Å². The number of amides is 1. The number of hydrogen-bond acceptors (Lipinski definition) is 4. The van der Waals surface area contributed by atoms with Gasteiger partial charge in [0.2, 0.25) is 15.9 Å². The number of piperidine rings is 1. The molecule has 0 atom stereocenters. The van der Waals surface area contributed by atoms with Gasteiger partial charge in [-0.05, 0) is 48.7 Å². The number of rotatable bonds is 6. The molecule has 0 bridgehead atoms. The Balaban J connectivity index is 1.63. The minimum atomic E-state index is -3.46. The van der Waals surface area contributed by atoms with Crippen LogP contribution < -0.4 is 10.1 Å². The predicted octanol–water partition coefficient (Wildman–Crippen LogP) is 3.70. The number of halogens is 1. The van der Waals surface area contributed by atoms with Crippen molar-refractivity contribution < 1.29 is 17.9 Å². The maximum Gasteiger partial charge on any atom is 0.243 e. The van der Waals surface area contributed by atoms with E-state index in [0.717, 1.165) is 24.8 Å². The molecule has 2 aromatic rings. The lowest BCUT2D eigenvalue weighted by Gasteiger charge is -2.25. The molecular weight excluding hydrogens is 400 g/mol. The fourth-order valence-electron chi connectivity index (χ4n) is 3.17. The smallest absolute Gasteiger partial charge is 0.243 e. The number of anilines is 1. The molecule has 28 heavy (non-hydrogen) atoms. The molecular formula is C20H23ClN2O4S. The maximum atomic E-state index is 12.7. The number of benzene rings is 2. The third kappa shape index (κ3) is 4.84. The third-order valence-electron chi connectivity index (χ3n) is 4.68. The summed E-state index contributed by atoms with van der Waals surface area (Å²) in [7, 11) is -1.94. The van der Waals surface area contributed by atoms with Crippen molar-refractivity contribution in [2.75, 3.05) is 25.5 Å². The van der Waals surface area contributed by atoms with Crippen molar-refractivity contribution in [2.45, 2.75) is 30.6 Å². The van der Waals surface area contributed by atoms with Gasteiger partial charge in [-0.1, -0.05) is 30.2 Å². The number of nitrogens with zero attached hydrogens (tertiary/aromatic N) is 1. The van der Waals surface area contributed by atoms with Crippen LogP contribution in [0.3, 0.4) is 0 Å². The average molecular weight is 423 g/mol. The van der Waals surface area contributed by atoms with Crippen LogP contribution in [-0.4, -0.2) is 38.8 Å². The van der Waals surface area contributed by atoms with Crippen molar-refractivity contribution in [3.63, 3.8) is 0 Å². The van der Waals surface area contributed by atoms with Gasteiger partial charge in [-0.3, -0.25) is 4.79 Å². The lowest BCUT2D eigenvalue weighted by Crippen LogP contribution is -2.35. The predicted molar refractivity (Wildman–Crippen MR) is 109 cm³/mol. The second kappa shape index (κ2) is 8.94. The van der Waals surface area contributed by atoms with Crippen molar-refractivity contribution in [1.29, 1.82) is 0 Å². The molecule has 1 N–H and O–H groups in total. The van der Waals surface area contributed by atoms with E-state index < -0.39 is 10.0 Å². The summed E-state index contributed by atoms with van der Waals surface area (Å²) in [6.07, 6.45) is 2.99. The van der Waals surface area contributed by atoms with Crippen LogP contribution in [0.25, 0.3) is 0 Å². The number of carbonyl (C=O) groups excluding carboxylic acids is 1. The van der Waals surface area contributed by atoms with Gasteiger partial charge in [-0.15, -0.1) is 0 Å². The van der Waals surface area contributed by atoms with E-state index in [1.807, 2.05) is 0 Å². The number of methoxy groups -OCH3 is 1. The van der Waals surface area contributed by atoms with Gasteiger partial charge >= 0.3 is 0 Å². The highest BCUT2D eigenvalue weighted by atomic mass is 35.5. The minimum Gasteiger partial charge on any atom is -0.495 e. The zero-order chi connectivity index (χ0) is 20.1. The Morgan fingerprint density at radius 3 is 2.39 bits per heavy atom. The Hall–Kier alpha value is -2.09. The molecule has 1 aliphatic rings. The molecule has 0 aromatic heterocycles. The van der Waals surface area contributed by atoms with E-state index in [1.165, 1.54) is 11.4 Å². The lowest BCUT2D eigenvalue weighted by atomic mass is 10.1. The fourth-order valence-corrected chi connectivity index (χ4v) is 4.94. The number of carbonyl (C=O) groups is 1. The summed E-state index contributed by atoms with van der Waals surface area (Å²) in [5.41, 5.74) is 1.30. The van der Waals surface area contributed by atoms with Crippen LogP contribution >= 0.6 is 11.6 Å². The number of nitrogens with one attached hydrogen (secondary N) is 1. The van der Waals surface area contributed by atoms with Crippen molar-refractivity contribution in [2.24, 2.45) is 0 Å². The highest BCUT2D eigenvalue weighted by Gasteiger charge is 2.25. The molecule has 0 aliphatic carbocycles. The van der Waals surface area contributed by atoms with Gasteiger partial charge in [-0.25, -0.2) is 8.42 Å². The molecule has 8 heteroatoms. The molecule has 1 amide bonds. The van der Waals surface area contributed by atoms with Gasteiger partial charge in [-0.2, -0.15) is 4.31 Å². The molecule has 1 aliphatic heterocycles. The van der Waals surface area contributed by atoms with Crippen LogP contribution in [0.1, 0.15) is 24.8 Å². The largest absolute Gasteiger partial charge is 0.495 e. The number of sulfonamides is 1. The molecule has 6 nitrogen and oxygen atoms in total. The van der Waals surface area contributed by atoms with Gasteiger partial charge in [0.15, 0.2) is 0 Å². The van der Waals surface area contributed by atoms with E-state index in [9.17, 15) is 13.2 Å². The Kier molecular flexibility index (Phi) is 6.59. The normalized spacial score (nSPS) is 15.2. The first-order valence-corrected chi connectivity index (χ1v) is 10.9. The van der Waals surface area contributed by atoms with E-state index in [4.69, 9.17) is 16.3 Å². The standard InChI is InChI=1S/C20H23ClN2O4S/c1-27-19-10-7-16(14-18(19)21)22-20(24)13-15-5-8-17(9-6-15)28(25,26)23-11-3-2-4-12-23/h5-10,14H,2-4,11-13H2,1H3,(H,22,24). The molecule has 0 unspecified atom stereocenters. The first-order valence-electron chi connectivity index (χ1n) is 9.12. The first-order chi connectivity index (χ1) is 13.4. The van der Waals surface area contributed by atoms with E-state index in [0.29, 0.717) is 29.5 Å². The lowest BCUT2D eigenvalue weighted by molar-refractivity contribution is -0.115. The summed E-state index contributed by atoms with van der Waals surface area (Å²) in [6.45, 7) is 1.13. The Morgan fingerprint density at radius 1 is 1.11 bits per heavy atom. The van der Waals surface area contributed by atoms with E-state index >= 15 is 0 Å². The monoisotopic (exact) mass is 422 g/mol. The molecule has 3 rings (SSSR count). The highest BCUT2D eigenvalue weighted by molar-refractivity contribution is 7.89. The zero-order valence-electron chi connectivity index (χ0n) is 15.7. The van der Waals surface area contributed by atoms with Crippen LogP contribution in [0.2, 0.25) is 5.02 Å². The average Bonchev–Trinajstić information content (AvgIpc) is 2.69. The highest BCUT2D eigenvalue weighted by Crippen LogP contribution is 2.27. The van der Waals surface area contributed by atoms with Crippen LogP contribution in [0.5, 0.6) is 5.75 Å². The fraction of sp³-hybridized carbons (Fsp3) is 0.350. The summed E-state index contributed by atoms with van der Waals surface area (Å²) < 4.78 is 32.0. The van der Waals surface area contributed by atoms with E-state index in [-0.39, 0.29) is 17.2 Å². The molecule has 2 aromatic carbocycles. The van der Waals surface area contributed by atoms with Gasteiger partial charge in [0.1, 0.15) is 5.75 Å². The van der Waals surface area contributed by atoms with Gasteiger partial charge in [0.05, 0.1) is 23.4 Å². The van der Waals surface area contributed by atoms with E-state index in [1.54, 1.807) is 42.5 Å². The first kappa shape index (κ1) is 20.6. The number of hydrogen-bond donors (Lipinski definition) is 1. The Bertz CT molecular complexity index is 939. The van der Waals surface area contributed by atoms with Crippen LogP contribution in [0, 0.1) is 0 Å². The summed E-state index contributed by atoms with van der Waals surface area (Å²) in [5.74, 6) is 0.318. The molecule has 0 radical (unpaired) electrons. The summed E-state index contributed by atoms with van der Waals surface area (Å²) >= 11 is 6.06. The summed E-state index contributed by atoms with van der Waals surface area (Å²) in [6, 6.07) is 11.5. The van der Waals surface area contributed by atoms with Crippen LogP contribution in [0.15, 0.2) is 47.4 Å². The van der Waals surface area contributed by atoms with E-state index in [2.05, 4.69) is 5.32 Å². The molecule has 0 saturated carbocycles. The number of ether oxygens (including phenoxy) is 1. The molecule has 150 valence electrons. The topological polar surface area (TPSA) is 75.7 Å². The van der Waals surface area contributed by atoms with Crippen LogP contribution in [0.4, 0.5) is 5.69 Å². The zero-order valence-corrected chi connectivity index (χ0v) is 17.2. The third-order valence-corrected chi connectivity index (χ3v) is 6.88. The quantitative estimate of drug-likeness (QED) is 0.770. The van der Waals surface area contributed by atoms with Gasteiger partial charge in [0, 0.05) is 18.8 Å². The molecule has 1 heterocycles. The van der Waals surface area contributed by atoms with Crippen molar-refractivity contribution in [3.05, 3.63) is 53.1 Å². The minimum absolute atomic E-state index is 0.133. The Labute approximate surface area is 170 Å². The summed E-state index contributed by atoms with van der Waals surface area (Å²) in [4.78, 5) is 12.5. The molecule has 1 saturated heterocycles. The van der Waals surface area contributed by atoms with Crippen molar-refractivity contribution in [1.82, 2.24) is 4.31 Å². The summed E-state index contributed by atoms with van der Waals surface area (Å²) in [5, 5.41) is 3.18. The second-order valence-electron chi connectivity index (χ2n) is 6.68. The molecule has 1 fully saturated rings. The SMILES string of the molecule is COc1ccc(NC(=O)Cc2ccc(S(=O)(=O)N3CCCCC3)cc2)cc1Cl. The van der Waals surface area contributed by atoms with Gasteiger partial charge < -0.3 is 10.1 Å². The Morgan fingerprint density at radius 2 is 1.79 bits per heavy atom. The second-order valence-corrected chi connectivity index (χ2v) is 9.03. The van der Waals surface area contributed by atoms with Crippen molar-refractivity contribution >= 4 is 33.2 Å². The molecule has 0 spiro atoms.